The molecule has 0 bridgehead atoms. The standard InChI is InChI=1S/C19H23N3O3/c1-15-4-2-5-17(14-15)24-12-13-25-18(23)16-6-10-22(11-7-16)19-20-8-3-9-21-19/h2-5,8-9,14,16H,6-7,10-13H2,1H3. The van der Waals surface area contributed by atoms with Gasteiger partial charge in [-0.2, -0.15) is 0 Å². The molecule has 25 heavy (non-hydrogen) atoms. The summed E-state index contributed by atoms with van der Waals surface area (Å²) in [4.78, 5) is 22.8. The Kier molecular flexibility index (Phi) is 5.82. The molecule has 0 unspecified atom stereocenters. The van der Waals surface area contributed by atoms with E-state index in [0.29, 0.717) is 6.61 Å². The summed E-state index contributed by atoms with van der Waals surface area (Å²) < 4.78 is 11.0. The summed E-state index contributed by atoms with van der Waals surface area (Å²) >= 11 is 0. The summed E-state index contributed by atoms with van der Waals surface area (Å²) in [6.07, 6.45) is 4.99. The molecule has 1 aliphatic heterocycles. The second-order valence-corrected chi connectivity index (χ2v) is 6.14. The average Bonchev–Trinajstić information content (AvgIpc) is 2.66. The number of aromatic nitrogens is 2. The Morgan fingerprint density at radius 1 is 1.16 bits per heavy atom. The second-order valence-electron chi connectivity index (χ2n) is 6.14. The van der Waals surface area contributed by atoms with E-state index >= 15 is 0 Å². The van der Waals surface area contributed by atoms with E-state index in [0.717, 1.165) is 43.2 Å². The number of anilines is 1. The van der Waals surface area contributed by atoms with Crippen LogP contribution < -0.4 is 9.64 Å². The lowest BCUT2D eigenvalue weighted by atomic mass is 9.97. The van der Waals surface area contributed by atoms with Gasteiger partial charge in [-0.3, -0.25) is 4.79 Å². The highest BCUT2D eigenvalue weighted by atomic mass is 16.6. The van der Waals surface area contributed by atoms with Crippen molar-refractivity contribution in [1.82, 2.24) is 9.97 Å². The molecule has 0 aliphatic carbocycles. The third-order valence-electron chi connectivity index (χ3n) is 4.25. The maximum Gasteiger partial charge on any atom is 0.309 e. The number of piperidine rings is 1. The van der Waals surface area contributed by atoms with Gasteiger partial charge >= 0.3 is 5.97 Å². The molecule has 6 heteroatoms. The Morgan fingerprint density at radius 3 is 2.64 bits per heavy atom. The first-order valence-corrected chi connectivity index (χ1v) is 8.60. The highest BCUT2D eigenvalue weighted by Gasteiger charge is 2.27. The van der Waals surface area contributed by atoms with Crippen molar-refractivity contribution in [2.24, 2.45) is 5.92 Å². The topological polar surface area (TPSA) is 64.6 Å². The molecule has 3 rings (SSSR count). The molecule has 1 saturated heterocycles. The van der Waals surface area contributed by atoms with Crippen LogP contribution in [0, 0.1) is 12.8 Å². The monoisotopic (exact) mass is 341 g/mol. The summed E-state index contributed by atoms with van der Waals surface area (Å²) in [6.45, 7) is 4.19. The molecule has 1 fully saturated rings. The Morgan fingerprint density at radius 2 is 1.92 bits per heavy atom. The second kappa shape index (κ2) is 8.46. The SMILES string of the molecule is Cc1cccc(OCCOC(=O)C2CCN(c3ncccn3)CC2)c1. The predicted molar refractivity (Wildman–Crippen MR) is 94.6 cm³/mol. The summed E-state index contributed by atoms with van der Waals surface area (Å²) in [5.74, 6) is 1.33. The molecule has 0 atom stereocenters. The van der Waals surface area contributed by atoms with Gasteiger partial charge in [0.25, 0.3) is 0 Å². The van der Waals surface area contributed by atoms with Crippen LogP contribution in [0.25, 0.3) is 0 Å². The van der Waals surface area contributed by atoms with E-state index in [2.05, 4.69) is 14.9 Å². The summed E-state index contributed by atoms with van der Waals surface area (Å²) in [6, 6.07) is 9.62. The van der Waals surface area contributed by atoms with Gasteiger partial charge in [-0.15, -0.1) is 0 Å². The number of aryl methyl sites for hydroxylation is 1. The van der Waals surface area contributed by atoms with Crippen LogP contribution >= 0.6 is 0 Å². The van der Waals surface area contributed by atoms with Gasteiger partial charge < -0.3 is 14.4 Å². The average molecular weight is 341 g/mol. The van der Waals surface area contributed by atoms with Crippen LogP contribution in [-0.2, 0) is 9.53 Å². The first-order valence-electron chi connectivity index (χ1n) is 8.60. The van der Waals surface area contributed by atoms with Crippen LogP contribution in [0.5, 0.6) is 5.75 Å². The lowest BCUT2D eigenvalue weighted by Gasteiger charge is -2.30. The van der Waals surface area contributed by atoms with Crippen molar-refractivity contribution >= 4 is 11.9 Å². The minimum absolute atomic E-state index is 0.0565. The molecule has 0 N–H and O–H groups in total. The largest absolute Gasteiger partial charge is 0.490 e. The zero-order valence-corrected chi connectivity index (χ0v) is 14.4. The number of ether oxygens (including phenoxy) is 2. The van der Waals surface area contributed by atoms with Crippen LogP contribution in [0.1, 0.15) is 18.4 Å². The lowest BCUT2D eigenvalue weighted by Crippen LogP contribution is -2.38. The van der Waals surface area contributed by atoms with Gasteiger partial charge in [0.2, 0.25) is 5.95 Å². The third-order valence-corrected chi connectivity index (χ3v) is 4.25. The maximum absolute atomic E-state index is 12.2. The molecule has 0 amide bonds. The van der Waals surface area contributed by atoms with E-state index in [1.807, 2.05) is 31.2 Å². The van der Waals surface area contributed by atoms with E-state index in [9.17, 15) is 4.79 Å². The fourth-order valence-electron chi connectivity index (χ4n) is 2.89. The van der Waals surface area contributed by atoms with E-state index in [1.165, 1.54) is 0 Å². The van der Waals surface area contributed by atoms with Gasteiger partial charge in [-0.05, 0) is 43.5 Å². The Bertz CT molecular complexity index is 685. The number of benzene rings is 1. The zero-order chi connectivity index (χ0) is 17.5. The molecule has 6 nitrogen and oxygen atoms in total. The van der Waals surface area contributed by atoms with Crippen molar-refractivity contribution in [2.75, 3.05) is 31.2 Å². The van der Waals surface area contributed by atoms with Crippen LogP contribution in [0.2, 0.25) is 0 Å². The van der Waals surface area contributed by atoms with Crippen LogP contribution in [0.4, 0.5) is 5.95 Å². The molecular weight excluding hydrogens is 318 g/mol. The van der Waals surface area contributed by atoms with E-state index in [1.54, 1.807) is 18.5 Å². The number of carbonyl (C=O) groups excluding carboxylic acids is 1. The lowest BCUT2D eigenvalue weighted by molar-refractivity contribution is -0.150. The van der Waals surface area contributed by atoms with Crippen molar-refractivity contribution in [3.63, 3.8) is 0 Å². The fourth-order valence-corrected chi connectivity index (χ4v) is 2.89. The summed E-state index contributed by atoms with van der Waals surface area (Å²) in [5.41, 5.74) is 1.14. The highest BCUT2D eigenvalue weighted by Crippen LogP contribution is 2.21. The summed E-state index contributed by atoms with van der Waals surface area (Å²) in [5, 5.41) is 0. The van der Waals surface area contributed by atoms with Gasteiger partial charge in [0.05, 0.1) is 5.92 Å². The van der Waals surface area contributed by atoms with Gasteiger partial charge in [-0.1, -0.05) is 12.1 Å². The van der Waals surface area contributed by atoms with E-state index < -0.39 is 0 Å². The van der Waals surface area contributed by atoms with Crippen LogP contribution in [0.3, 0.4) is 0 Å². The first kappa shape index (κ1) is 17.2. The molecule has 1 aliphatic rings. The minimum atomic E-state index is -0.138. The summed E-state index contributed by atoms with van der Waals surface area (Å²) in [7, 11) is 0. The quantitative estimate of drug-likeness (QED) is 0.594. The van der Waals surface area contributed by atoms with E-state index in [4.69, 9.17) is 9.47 Å². The van der Waals surface area contributed by atoms with Crippen molar-refractivity contribution in [2.45, 2.75) is 19.8 Å². The molecule has 0 saturated carbocycles. The molecular formula is C19H23N3O3. The van der Waals surface area contributed by atoms with Gasteiger partial charge in [0.1, 0.15) is 19.0 Å². The zero-order valence-electron chi connectivity index (χ0n) is 14.4. The number of rotatable bonds is 6. The van der Waals surface area contributed by atoms with Gasteiger partial charge in [0, 0.05) is 25.5 Å². The first-order chi connectivity index (χ1) is 12.2. The van der Waals surface area contributed by atoms with Crippen LogP contribution in [-0.4, -0.2) is 42.2 Å². The molecule has 1 aromatic carbocycles. The Balaban J connectivity index is 1.37. The number of carbonyl (C=O) groups is 1. The molecule has 1 aromatic heterocycles. The van der Waals surface area contributed by atoms with E-state index in [-0.39, 0.29) is 18.5 Å². The number of esters is 1. The fraction of sp³-hybridized carbons (Fsp3) is 0.421. The minimum Gasteiger partial charge on any atom is -0.490 e. The normalized spacial score (nSPS) is 15.0. The molecule has 2 aromatic rings. The molecule has 132 valence electrons. The van der Waals surface area contributed by atoms with Crippen molar-refractivity contribution in [3.05, 3.63) is 48.3 Å². The van der Waals surface area contributed by atoms with Crippen LogP contribution in [0.15, 0.2) is 42.7 Å². The number of hydrogen-bond donors (Lipinski definition) is 0. The van der Waals surface area contributed by atoms with Crippen molar-refractivity contribution in [1.29, 1.82) is 0 Å². The molecule has 0 spiro atoms. The highest BCUT2D eigenvalue weighted by molar-refractivity contribution is 5.72. The Labute approximate surface area is 147 Å². The number of hydrogen-bond acceptors (Lipinski definition) is 6. The van der Waals surface area contributed by atoms with Gasteiger partial charge in [0.15, 0.2) is 0 Å². The predicted octanol–water partition coefficient (Wildman–Crippen LogP) is 2.62. The molecule has 2 heterocycles. The number of nitrogens with zero attached hydrogens (tertiary/aromatic N) is 3. The maximum atomic E-state index is 12.2. The smallest absolute Gasteiger partial charge is 0.309 e. The van der Waals surface area contributed by atoms with Crippen molar-refractivity contribution < 1.29 is 14.3 Å². The third kappa shape index (κ3) is 4.92. The van der Waals surface area contributed by atoms with Crippen molar-refractivity contribution in [3.8, 4) is 5.75 Å². The Hall–Kier alpha value is -2.63. The molecule has 0 radical (unpaired) electrons. The van der Waals surface area contributed by atoms with Gasteiger partial charge in [-0.25, -0.2) is 9.97 Å².